The minimum atomic E-state index is 0.693. The molecule has 7 nitrogen and oxygen atoms in total. The van der Waals surface area contributed by atoms with Crippen LogP contribution in [0.2, 0.25) is 0 Å². The summed E-state index contributed by atoms with van der Waals surface area (Å²) in [7, 11) is 3.63. The third-order valence-corrected chi connectivity index (χ3v) is 5.58. The standard InChI is InChI=1S/C23H24N6O/c1-16-13-29(15-24-16)20-9-8-18(12-21(20)30-3)22-25-23(27(2)26-22)28-11-10-17-6-4-5-7-19(17)14-28/h4-9,12-13,15H,10-11,14H2,1-3H3. The van der Waals surface area contributed by atoms with Crippen molar-refractivity contribution in [3.8, 4) is 22.8 Å². The van der Waals surface area contributed by atoms with Gasteiger partial charge >= 0.3 is 0 Å². The lowest BCUT2D eigenvalue weighted by Gasteiger charge is -2.29. The smallest absolute Gasteiger partial charge is 0.224 e. The Labute approximate surface area is 175 Å². The predicted molar refractivity (Wildman–Crippen MR) is 116 cm³/mol. The number of imidazole rings is 1. The average molecular weight is 400 g/mol. The van der Waals surface area contributed by atoms with Gasteiger partial charge in [0.25, 0.3) is 0 Å². The van der Waals surface area contributed by atoms with Gasteiger partial charge in [-0.3, -0.25) is 0 Å². The number of nitrogens with zero attached hydrogens (tertiary/aromatic N) is 6. The van der Waals surface area contributed by atoms with Crippen molar-refractivity contribution >= 4 is 5.95 Å². The Balaban J connectivity index is 1.46. The molecule has 0 N–H and O–H groups in total. The van der Waals surface area contributed by atoms with E-state index in [1.165, 1.54) is 11.1 Å². The molecular weight excluding hydrogens is 376 g/mol. The zero-order valence-corrected chi connectivity index (χ0v) is 17.4. The summed E-state index contributed by atoms with van der Waals surface area (Å²) in [5, 5.41) is 4.68. The Bertz CT molecular complexity index is 1210. The molecule has 1 aliphatic heterocycles. The first-order valence-electron chi connectivity index (χ1n) is 10.0. The fourth-order valence-electron chi connectivity index (χ4n) is 4.02. The van der Waals surface area contributed by atoms with Gasteiger partial charge in [-0.1, -0.05) is 24.3 Å². The summed E-state index contributed by atoms with van der Waals surface area (Å²) in [4.78, 5) is 11.5. The van der Waals surface area contributed by atoms with Crippen molar-refractivity contribution in [1.82, 2.24) is 24.3 Å². The van der Waals surface area contributed by atoms with E-state index in [0.717, 1.165) is 48.2 Å². The van der Waals surface area contributed by atoms with Crippen LogP contribution in [-0.4, -0.2) is 38.0 Å². The normalized spacial score (nSPS) is 13.4. The van der Waals surface area contributed by atoms with Gasteiger partial charge in [-0.25, -0.2) is 9.67 Å². The number of aryl methyl sites for hydroxylation is 2. The van der Waals surface area contributed by atoms with Crippen molar-refractivity contribution < 1.29 is 4.74 Å². The molecule has 3 heterocycles. The maximum absolute atomic E-state index is 5.64. The van der Waals surface area contributed by atoms with Crippen LogP contribution < -0.4 is 9.64 Å². The molecule has 0 saturated carbocycles. The van der Waals surface area contributed by atoms with Gasteiger partial charge in [-0.15, -0.1) is 5.10 Å². The Morgan fingerprint density at radius 3 is 2.67 bits per heavy atom. The van der Waals surface area contributed by atoms with Crippen LogP contribution >= 0.6 is 0 Å². The number of fused-ring (bicyclic) bond motifs is 1. The molecule has 0 atom stereocenters. The van der Waals surface area contributed by atoms with Crippen molar-refractivity contribution in [2.24, 2.45) is 7.05 Å². The highest BCUT2D eigenvalue weighted by Gasteiger charge is 2.21. The second kappa shape index (κ2) is 7.33. The molecule has 0 saturated heterocycles. The summed E-state index contributed by atoms with van der Waals surface area (Å²) in [6.45, 7) is 3.76. The van der Waals surface area contributed by atoms with Crippen molar-refractivity contribution in [1.29, 1.82) is 0 Å². The van der Waals surface area contributed by atoms with Crippen LogP contribution in [0, 0.1) is 6.92 Å². The van der Waals surface area contributed by atoms with Gasteiger partial charge in [0, 0.05) is 31.9 Å². The summed E-state index contributed by atoms with van der Waals surface area (Å²) < 4.78 is 9.46. The Kier molecular flexibility index (Phi) is 4.50. The molecule has 7 heteroatoms. The third-order valence-electron chi connectivity index (χ3n) is 5.58. The molecule has 0 spiro atoms. The molecule has 5 rings (SSSR count). The van der Waals surface area contributed by atoms with Crippen molar-refractivity contribution in [3.05, 3.63) is 71.8 Å². The van der Waals surface area contributed by atoms with E-state index in [4.69, 9.17) is 9.72 Å². The SMILES string of the molecule is COc1cc(-c2nc(N3CCc4ccccc4C3)n(C)n2)ccc1-n1cnc(C)c1. The number of methoxy groups -OCH3 is 1. The van der Waals surface area contributed by atoms with Crippen molar-refractivity contribution in [2.45, 2.75) is 19.9 Å². The number of hydrogen-bond donors (Lipinski definition) is 0. The second-order valence-corrected chi connectivity index (χ2v) is 7.61. The van der Waals surface area contributed by atoms with Crippen LogP contribution in [0.5, 0.6) is 5.75 Å². The van der Waals surface area contributed by atoms with E-state index in [1.54, 1.807) is 13.4 Å². The first-order chi connectivity index (χ1) is 14.6. The molecule has 0 amide bonds. The Hall–Kier alpha value is -3.61. The topological polar surface area (TPSA) is 61.0 Å². The molecule has 0 radical (unpaired) electrons. The van der Waals surface area contributed by atoms with Crippen LogP contribution in [-0.2, 0) is 20.0 Å². The summed E-state index contributed by atoms with van der Waals surface area (Å²) >= 11 is 0. The maximum atomic E-state index is 5.64. The van der Waals surface area contributed by atoms with Gasteiger partial charge < -0.3 is 14.2 Å². The van der Waals surface area contributed by atoms with Crippen molar-refractivity contribution in [3.63, 3.8) is 0 Å². The van der Waals surface area contributed by atoms with Gasteiger partial charge in [0.2, 0.25) is 5.95 Å². The third kappa shape index (κ3) is 3.22. The molecule has 4 aromatic rings. The second-order valence-electron chi connectivity index (χ2n) is 7.61. The van der Waals surface area contributed by atoms with Gasteiger partial charge in [-0.2, -0.15) is 4.98 Å². The lowest BCUT2D eigenvalue weighted by molar-refractivity contribution is 0.413. The van der Waals surface area contributed by atoms with Gasteiger partial charge in [0.1, 0.15) is 5.75 Å². The van der Waals surface area contributed by atoms with E-state index >= 15 is 0 Å². The van der Waals surface area contributed by atoms with E-state index in [-0.39, 0.29) is 0 Å². The molecule has 0 aliphatic carbocycles. The number of ether oxygens (including phenoxy) is 1. The van der Waals surface area contributed by atoms with Crippen LogP contribution in [0.15, 0.2) is 55.0 Å². The molecular formula is C23H24N6O. The lowest BCUT2D eigenvalue weighted by atomic mass is 10.0. The first kappa shape index (κ1) is 18.4. The minimum Gasteiger partial charge on any atom is -0.495 e. The largest absolute Gasteiger partial charge is 0.495 e. The zero-order chi connectivity index (χ0) is 20.7. The van der Waals surface area contributed by atoms with Crippen molar-refractivity contribution in [2.75, 3.05) is 18.6 Å². The highest BCUT2D eigenvalue weighted by atomic mass is 16.5. The van der Waals surface area contributed by atoms with Gasteiger partial charge in [0.15, 0.2) is 5.82 Å². The molecule has 152 valence electrons. The summed E-state index contributed by atoms with van der Waals surface area (Å²) in [6.07, 6.45) is 4.78. The molecule has 2 aromatic carbocycles. The average Bonchev–Trinajstić information content (AvgIpc) is 3.38. The molecule has 0 unspecified atom stereocenters. The highest BCUT2D eigenvalue weighted by molar-refractivity contribution is 5.64. The molecule has 1 aliphatic rings. The summed E-state index contributed by atoms with van der Waals surface area (Å²) in [6, 6.07) is 14.6. The number of hydrogen-bond acceptors (Lipinski definition) is 5. The quantitative estimate of drug-likeness (QED) is 0.524. The predicted octanol–water partition coefficient (Wildman–Crippen LogP) is 3.55. The number of aromatic nitrogens is 5. The van der Waals surface area contributed by atoms with Gasteiger partial charge in [0.05, 0.1) is 24.8 Å². The lowest BCUT2D eigenvalue weighted by Crippen LogP contribution is -2.32. The fraction of sp³-hybridized carbons (Fsp3) is 0.261. The number of anilines is 1. The Morgan fingerprint density at radius 1 is 1.07 bits per heavy atom. The fourth-order valence-corrected chi connectivity index (χ4v) is 4.02. The van der Waals surface area contributed by atoms with Gasteiger partial charge in [-0.05, 0) is 42.7 Å². The molecule has 2 aromatic heterocycles. The van der Waals surface area contributed by atoms with Crippen LogP contribution in [0.3, 0.4) is 0 Å². The van der Waals surface area contributed by atoms with Crippen LogP contribution in [0.25, 0.3) is 17.1 Å². The number of rotatable bonds is 4. The van der Waals surface area contributed by atoms with E-state index < -0.39 is 0 Å². The zero-order valence-electron chi connectivity index (χ0n) is 17.4. The highest BCUT2D eigenvalue weighted by Crippen LogP contribution is 2.30. The first-order valence-corrected chi connectivity index (χ1v) is 10.0. The monoisotopic (exact) mass is 400 g/mol. The number of benzene rings is 2. The molecule has 30 heavy (non-hydrogen) atoms. The minimum absolute atomic E-state index is 0.693. The van der Waals surface area contributed by atoms with E-state index in [0.29, 0.717) is 5.82 Å². The molecule has 0 bridgehead atoms. The van der Waals surface area contributed by atoms with E-state index in [1.807, 2.05) is 47.6 Å². The summed E-state index contributed by atoms with van der Waals surface area (Å²) in [5.74, 6) is 2.33. The van der Waals surface area contributed by atoms with Crippen LogP contribution in [0.4, 0.5) is 5.95 Å². The summed E-state index contributed by atoms with van der Waals surface area (Å²) in [5.41, 5.74) is 5.60. The van der Waals surface area contributed by atoms with E-state index in [9.17, 15) is 0 Å². The maximum Gasteiger partial charge on any atom is 0.224 e. The van der Waals surface area contributed by atoms with Crippen LogP contribution in [0.1, 0.15) is 16.8 Å². The van der Waals surface area contributed by atoms with E-state index in [2.05, 4.69) is 39.2 Å². The Morgan fingerprint density at radius 2 is 1.90 bits per heavy atom. The molecule has 0 fully saturated rings.